The Hall–Kier alpha value is -3.04. The molecule has 0 bridgehead atoms. The number of nitrogens with one attached hydrogen (secondary N) is 2. The van der Waals surface area contributed by atoms with Crippen LogP contribution in [0.1, 0.15) is 32.4 Å². The fraction of sp³-hybridized carbons (Fsp3) is 0.300. The Morgan fingerprint density at radius 2 is 2.10 bits per heavy atom. The average molecular weight is 411 g/mol. The number of aryl methyl sites for hydroxylation is 2. The number of thiazole rings is 1. The van der Waals surface area contributed by atoms with Gasteiger partial charge in [-0.3, -0.25) is 19.8 Å². The first-order valence-electron chi connectivity index (χ1n) is 9.28. The van der Waals surface area contributed by atoms with Gasteiger partial charge in [0.15, 0.2) is 10.8 Å². The second kappa shape index (κ2) is 8.14. The number of amides is 2. The van der Waals surface area contributed by atoms with Crippen molar-refractivity contribution in [1.82, 2.24) is 15.0 Å². The summed E-state index contributed by atoms with van der Waals surface area (Å²) in [6.07, 6.45) is 0.739. The van der Waals surface area contributed by atoms with Gasteiger partial charge in [-0.15, -0.1) is 11.3 Å². The van der Waals surface area contributed by atoms with E-state index in [0.717, 1.165) is 34.8 Å². The van der Waals surface area contributed by atoms with E-state index in [1.807, 2.05) is 31.2 Å². The summed E-state index contributed by atoms with van der Waals surface area (Å²) < 4.78 is 4.93. The summed E-state index contributed by atoms with van der Waals surface area (Å²) in [5, 5.41) is 9.96. The second-order valence-electron chi connectivity index (χ2n) is 7.04. The van der Waals surface area contributed by atoms with Gasteiger partial charge in [0.1, 0.15) is 5.76 Å². The molecule has 2 aromatic heterocycles. The predicted molar refractivity (Wildman–Crippen MR) is 110 cm³/mol. The van der Waals surface area contributed by atoms with Crippen molar-refractivity contribution in [2.45, 2.75) is 26.8 Å². The van der Waals surface area contributed by atoms with Gasteiger partial charge in [-0.25, -0.2) is 4.98 Å². The molecule has 1 aromatic carbocycles. The zero-order valence-corrected chi connectivity index (χ0v) is 17.0. The minimum Gasteiger partial charge on any atom is -0.361 e. The van der Waals surface area contributed by atoms with E-state index in [1.54, 1.807) is 13.0 Å². The van der Waals surface area contributed by atoms with Gasteiger partial charge in [0, 0.05) is 36.1 Å². The fourth-order valence-corrected chi connectivity index (χ4v) is 4.24. The van der Waals surface area contributed by atoms with E-state index in [2.05, 4.69) is 25.7 Å². The Morgan fingerprint density at radius 1 is 1.24 bits per heavy atom. The molecule has 2 amide bonds. The number of rotatable bonds is 5. The summed E-state index contributed by atoms with van der Waals surface area (Å²) >= 11 is 1.43. The number of fused-ring (bicyclic) bond motifs is 1. The minimum absolute atomic E-state index is 0.0431. The summed E-state index contributed by atoms with van der Waals surface area (Å²) in [5.74, 6) is 0.189. The summed E-state index contributed by atoms with van der Waals surface area (Å²) in [6, 6.07) is 9.32. The number of aromatic nitrogens is 2. The summed E-state index contributed by atoms with van der Waals surface area (Å²) in [4.78, 5) is 32.3. The summed E-state index contributed by atoms with van der Waals surface area (Å²) in [6.45, 7) is 5.41. The largest absolute Gasteiger partial charge is 0.361 e. The van der Waals surface area contributed by atoms with Crippen LogP contribution in [0.5, 0.6) is 0 Å². The Labute approximate surface area is 171 Å². The van der Waals surface area contributed by atoms with Crippen LogP contribution in [0, 0.1) is 13.8 Å². The molecule has 4 rings (SSSR count). The van der Waals surface area contributed by atoms with Gasteiger partial charge < -0.3 is 9.84 Å². The van der Waals surface area contributed by atoms with Crippen molar-refractivity contribution >= 4 is 34.0 Å². The van der Waals surface area contributed by atoms with Crippen LogP contribution in [-0.2, 0) is 17.8 Å². The standard InChI is InChI=1S/C20H21N5O3S/c1-12-4-3-5-14(8-12)21-18(26)11-25-7-6-15-17(10-25)29-20(22-15)23-19(27)16-9-13(2)28-24-16/h3-5,8-9H,6-7,10-11H2,1-2H3,(H,21,26)(H,22,23,27). The molecule has 1 aliphatic rings. The lowest BCUT2D eigenvalue weighted by atomic mass is 10.2. The molecule has 3 heterocycles. The highest BCUT2D eigenvalue weighted by atomic mass is 32.1. The third-order valence-electron chi connectivity index (χ3n) is 4.56. The molecule has 0 fully saturated rings. The van der Waals surface area contributed by atoms with E-state index in [4.69, 9.17) is 4.52 Å². The zero-order chi connectivity index (χ0) is 20.4. The molecule has 3 aromatic rings. The topological polar surface area (TPSA) is 100 Å². The molecule has 0 unspecified atom stereocenters. The molecular formula is C20H21N5O3S. The average Bonchev–Trinajstić information content (AvgIpc) is 3.27. The molecule has 150 valence electrons. The maximum absolute atomic E-state index is 12.4. The van der Waals surface area contributed by atoms with E-state index in [-0.39, 0.29) is 17.5 Å². The third kappa shape index (κ3) is 4.69. The van der Waals surface area contributed by atoms with Crippen LogP contribution in [0.25, 0.3) is 0 Å². The first kappa shape index (κ1) is 19.3. The first-order valence-corrected chi connectivity index (χ1v) is 10.1. The molecule has 0 atom stereocenters. The summed E-state index contributed by atoms with van der Waals surface area (Å²) in [7, 11) is 0. The lowest BCUT2D eigenvalue weighted by Crippen LogP contribution is -2.36. The van der Waals surface area contributed by atoms with Crippen molar-refractivity contribution in [3.63, 3.8) is 0 Å². The van der Waals surface area contributed by atoms with Crippen LogP contribution >= 0.6 is 11.3 Å². The van der Waals surface area contributed by atoms with Crippen LogP contribution in [0.4, 0.5) is 10.8 Å². The van der Waals surface area contributed by atoms with Crippen molar-refractivity contribution in [3.05, 3.63) is 57.9 Å². The molecule has 0 aliphatic carbocycles. The van der Waals surface area contributed by atoms with Crippen LogP contribution in [-0.4, -0.2) is 39.9 Å². The lowest BCUT2D eigenvalue weighted by Gasteiger charge is -2.25. The molecule has 29 heavy (non-hydrogen) atoms. The van der Waals surface area contributed by atoms with Crippen molar-refractivity contribution in [1.29, 1.82) is 0 Å². The third-order valence-corrected chi connectivity index (χ3v) is 5.56. The number of carbonyl (C=O) groups excluding carboxylic acids is 2. The van der Waals surface area contributed by atoms with Crippen LogP contribution in [0.2, 0.25) is 0 Å². The van der Waals surface area contributed by atoms with Gasteiger partial charge in [0.25, 0.3) is 5.91 Å². The van der Waals surface area contributed by atoms with Gasteiger partial charge in [-0.05, 0) is 31.5 Å². The Kier molecular flexibility index (Phi) is 5.41. The highest BCUT2D eigenvalue weighted by Gasteiger charge is 2.23. The molecule has 8 nitrogen and oxygen atoms in total. The normalized spacial score (nSPS) is 13.7. The number of benzene rings is 1. The smallest absolute Gasteiger partial charge is 0.279 e. The van der Waals surface area contributed by atoms with Crippen molar-refractivity contribution in [3.8, 4) is 0 Å². The molecule has 2 N–H and O–H groups in total. The Bertz CT molecular complexity index is 1060. The number of hydrogen-bond donors (Lipinski definition) is 2. The van der Waals surface area contributed by atoms with Crippen LogP contribution < -0.4 is 10.6 Å². The molecule has 1 aliphatic heterocycles. The quantitative estimate of drug-likeness (QED) is 0.669. The number of nitrogens with zero attached hydrogens (tertiary/aromatic N) is 3. The molecule has 9 heteroatoms. The van der Waals surface area contributed by atoms with Crippen LogP contribution in [0.15, 0.2) is 34.9 Å². The van der Waals surface area contributed by atoms with E-state index in [9.17, 15) is 9.59 Å². The Morgan fingerprint density at radius 3 is 2.86 bits per heavy atom. The molecule has 0 saturated carbocycles. The minimum atomic E-state index is -0.345. The molecule has 0 radical (unpaired) electrons. The summed E-state index contributed by atoms with van der Waals surface area (Å²) in [5.41, 5.74) is 3.10. The van der Waals surface area contributed by atoms with Crippen molar-refractivity contribution < 1.29 is 14.1 Å². The maximum atomic E-state index is 12.4. The van der Waals surface area contributed by atoms with Gasteiger partial charge in [0.2, 0.25) is 5.91 Å². The van der Waals surface area contributed by atoms with E-state index < -0.39 is 0 Å². The monoisotopic (exact) mass is 411 g/mol. The van der Waals surface area contributed by atoms with Gasteiger partial charge in [-0.1, -0.05) is 17.3 Å². The second-order valence-corrected chi connectivity index (χ2v) is 8.13. The van der Waals surface area contributed by atoms with Crippen molar-refractivity contribution in [2.24, 2.45) is 0 Å². The SMILES string of the molecule is Cc1cccc(NC(=O)CN2CCc3nc(NC(=O)c4cc(C)on4)sc3C2)c1. The van der Waals surface area contributed by atoms with E-state index in [1.165, 1.54) is 11.3 Å². The van der Waals surface area contributed by atoms with Gasteiger partial charge in [0.05, 0.1) is 12.2 Å². The van der Waals surface area contributed by atoms with Gasteiger partial charge in [-0.2, -0.15) is 0 Å². The van der Waals surface area contributed by atoms with Gasteiger partial charge >= 0.3 is 0 Å². The molecule has 0 saturated heterocycles. The Balaban J connectivity index is 1.35. The lowest BCUT2D eigenvalue weighted by molar-refractivity contribution is -0.117. The highest BCUT2D eigenvalue weighted by molar-refractivity contribution is 7.15. The number of anilines is 2. The van der Waals surface area contributed by atoms with Crippen LogP contribution in [0.3, 0.4) is 0 Å². The molecular weight excluding hydrogens is 390 g/mol. The molecule has 0 spiro atoms. The van der Waals surface area contributed by atoms with E-state index >= 15 is 0 Å². The fourth-order valence-electron chi connectivity index (χ4n) is 3.20. The maximum Gasteiger partial charge on any atom is 0.279 e. The van der Waals surface area contributed by atoms with Crippen molar-refractivity contribution in [2.75, 3.05) is 23.7 Å². The number of carbonyl (C=O) groups is 2. The highest BCUT2D eigenvalue weighted by Crippen LogP contribution is 2.28. The number of hydrogen-bond acceptors (Lipinski definition) is 7. The van der Waals surface area contributed by atoms with E-state index in [0.29, 0.717) is 24.0 Å². The zero-order valence-electron chi connectivity index (χ0n) is 16.2. The first-order chi connectivity index (χ1) is 14.0. The predicted octanol–water partition coefficient (Wildman–Crippen LogP) is 3.00.